The number of nitrogens with zero attached hydrogens (tertiary/aromatic N) is 1. The monoisotopic (exact) mass is 402 g/mol. The van der Waals surface area contributed by atoms with Gasteiger partial charge in [0.15, 0.2) is 6.61 Å². The van der Waals surface area contributed by atoms with E-state index in [9.17, 15) is 13.2 Å². The third-order valence-electron chi connectivity index (χ3n) is 4.94. The molecule has 1 amide bonds. The van der Waals surface area contributed by atoms with Gasteiger partial charge in [0, 0.05) is 17.8 Å². The minimum Gasteiger partial charge on any atom is -0.484 e. The molecule has 1 aliphatic rings. The highest BCUT2D eigenvalue weighted by Gasteiger charge is 2.35. The van der Waals surface area contributed by atoms with E-state index in [1.54, 1.807) is 28.6 Å². The van der Waals surface area contributed by atoms with Crippen LogP contribution < -0.4 is 10.1 Å². The minimum atomic E-state index is -3.56. The summed E-state index contributed by atoms with van der Waals surface area (Å²) in [4.78, 5) is 12.3. The molecule has 0 spiro atoms. The summed E-state index contributed by atoms with van der Waals surface area (Å²) >= 11 is 0. The first-order valence-corrected chi connectivity index (χ1v) is 10.9. The summed E-state index contributed by atoms with van der Waals surface area (Å²) in [5.41, 5.74) is 0.528. The fourth-order valence-electron chi connectivity index (χ4n) is 3.57. The second-order valence-corrected chi connectivity index (χ2v) is 8.98. The van der Waals surface area contributed by atoms with Crippen molar-refractivity contribution in [1.29, 1.82) is 0 Å². The molecule has 1 heterocycles. The maximum Gasteiger partial charge on any atom is 0.262 e. The maximum atomic E-state index is 13.0. The van der Waals surface area contributed by atoms with Crippen LogP contribution in [0.2, 0.25) is 0 Å². The van der Waals surface area contributed by atoms with Gasteiger partial charge in [-0.15, -0.1) is 0 Å². The summed E-state index contributed by atoms with van der Waals surface area (Å²) in [5, 5.41) is 2.72. The van der Waals surface area contributed by atoms with Crippen LogP contribution in [0.3, 0.4) is 0 Å². The van der Waals surface area contributed by atoms with Crippen molar-refractivity contribution in [2.75, 3.05) is 11.9 Å². The number of sulfonamides is 1. The Morgan fingerprint density at radius 1 is 1.04 bits per heavy atom. The lowest BCUT2D eigenvalue weighted by Gasteiger charge is -2.37. The summed E-state index contributed by atoms with van der Waals surface area (Å²) < 4.78 is 33.1. The Kier molecular flexibility index (Phi) is 6.36. The Balaban J connectivity index is 1.63. The molecule has 0 aromatic heterocycles. The highest BCUT2D eigenvalue weighted by atomic mass is 32.2. The molecule has 1 N–H and O–H groups in total. The average molecular weight is 403 g/mol. The minimum absolute atomic E-state index is 0.0109. The molecule has 28 heavy (non-hydrogen) atoms. The number of piperidine rings is 1. The highest BCUT2D eigenvalue weighted by Crippen LogP contribution is 2.29. The van der Waals surface area contributed by atoms with Crippen LogP contribution in [0.5, 0.6) is 5.75 Å². The quantitative estimate of drug-likeness (QED) is 0.800. The van der Waals surface area contributed by atoms with E-state index >= 15 is 0 Å². The second kappa shape index (κ2) is 8.75. The molecule has 2 atom stereocenters. The zero-order chi connectivity index (χ0) is 20.1. The van der Waals surface area contributed by atoms with E-state index in [0.29, 0.717) is 11.4 Å². The van der Waals surface area contributed by atoms with Crippen molar-refractivity contribution in [3.63, 3.8) is 0 Å². The molecule has 6 nitrogen and oxygen atoms in total. The van der Waals surface area contributed by atoms with Crippen molar-refractivity contribution in [2.45, 2.75) is 50.1 Å². The molecule has 1 aliphatic heterocycles. The Bertz CT molecular complexity index is 888. The van der Waals surface area contributed by atoms with E-state index in [-0.39, 0.29) is 29.5 Å². The third kappa shape index (κ3) is 4.72. The molecule has 150 valence electrons. The van der Waals surface area contributed by atoms with E-state index in [4.69, 9.17) is 4.74 Å². The van der Waals surface area contributed by atoms with E-state index in [0.717, 1.165) is 19.3 Å². The van der Waals surface area contributed by atoms with Crippen molar-refractivity contribution in [3.05, 3.63) is 54.6 Å². The first-order valence-electron chi connectivity index (χ1n) is 9.49. The summed E-state index contributed by atoms with van der Waals surface area (Å²) in [6.45, 7) is 3.79. The van der Waals surface area contributed by atoms with Crippen LogP contribution in [0.4, 0.5) is 5.69 Å². The lowest BCUT2D eigenvalue weighted by Crippen LogP contribution is -2.47. The number of ether oxygens (including phenoxy) is 1. The third-order valence-corrected chi connectivity index (χ3v) is 7.08. The molecule has 1 fully saturated rings. The number of nitrogens with one attached hydrogen (secondary N) is 1. The molecule has 2 aromatic rings. The van der Waals surface area contributed by atoms with Gasteiger partial charge in [-0.1, -0.05) is 24.6 Å². The van der Waals surface area contributed by atoms with Crippen LogP contribution in [0.15, 0.2) is 59.5 Å². The molecular formula is C21H26N2O4S. The number of benzene rings is 2. The number of rotatable bonds is 6. The van der Waals surface area contributed by atoms with Gasteiger partial charge in [-0.3, -0.25) is 4.79 Å². The van der Waals surface area contributed by atoms with Gasteiger partial charge in [-0.2, -0.15) is 4.31 Å². The van der Waals surface area contributed by atoms with Crippen LogP contribution in [0.25, 0.3) is 0 Å². The van der Waals surface area contributed by atoms with Crippen molar-refractivity contribution < 1.29 is 17.9 Å². The molecular weight excluding hydrogens is 376 g/mol. The van der Waals surface area contributed by atoms with E-state index < -0.39 is 10.0 Å². The first-order chi connectivity index (χ1) is 13.4. The zero-order valence-electron chi connectivity index (χ0n) is 16.2. The van der Waals surface area contributed by atoms with E-state index in [2.05, 4.69) is 5.32 Å². The summed E-state index contributed by atoms with van der Waals surface area (Å²) in [6.07, 6.45) is 2.79. The van der Waals surface area contributed by atoms with Crippen LogP contribution in [-0.2, 0) is 14.8 Å². The molecule has 0 radical (unpaired) electrons. The molecule has 3 rings (SSSR count). The molecule has 2 aromatic carbocycles. The summed E-state index contributed by atoms with van der Waals surface area (Å²) in [7, 11) is -3.56. The van der Waals surface area contributed by atoms with Crippen LogP contribution in [0.1, 0.15) is 33.1 Å². The van der Waals surface area contributed by atoms with Gasteiger partial charge in [0.05, 0.1) is 4.90 Å². The number of hydrogen-bond acceptors (Lipinski definition) is 4. The smallest absolute Gasteiger partial charge is 0.262 e. The maximum absolute atomic E-state index is 13.0. The van der Waals surface area contributed by atoms with Gasteiger partial charge < -0.3 is 10.1 Å². The predicted molar refractivity (Wildman–Crippen MR) is 109 cm³/mol. The topological polar surface area (TPSA) is 75.7 Å². The zero-order valence-corrected chi connectivity index (χ0v) is 17.0. The van der Waals surface area contributed by atoms with Crippen molar-refractivity contribution in [2.24, 2.45) is 0 Å². The fourth-order valence-corrected chi connectivity index (χ4v) is 5.45. The van der Waals surface area contributed by atoms with Crippen LogP contribution in [-0.4, -0.2) is 37.3 Å². The van der Waals surface area contributed by atoms with Gasteiger partial charge in [0.1, 0.15) is 5.75 Å². The number of para-hydroxylation sites is 1. The van der Waals surface area contributed by atoms with Gasteiger partial charge in [-0.05, 0) is 63.1 Å². The Labute approximate surface area is 166 Å². The van der Waals surface area contributed by atoms with Gasteiger partial charge in [-0.25, -0.2) is 8.42 Å². The highest BCUT2D eigenvalue weighted by molar-refractivity contribution is 7.89. The largest absolute Gasteiger partial charge is 0.484 e. The number of carbonyl (C=O) groups is 1. The molecule has 0 bridgehead atoms. The molecule has 0 aliphatic carbocycles. The van der Waals surface area contributed by atoms with E-state index in [1.165, 1.54) is 12.1 Å². The van der Waals surface area contributed by atoms with Gasteiger partial charge in [0.2, 0.25) is 10.0 Å². The Hall–Kier alpha value is -2.38. The standard InChI is InChI=1S/C21H26N2O4S/c1-16-7-6-8-17(2)23(16)28(25,26)20-13-11-18(12-14-20)22-21(24)15-27-19-9-4-3-5-10-19/h3-5,9-14,16-17H,6-8,15H2,1-2H3,(H,22,24). The Morgan fingerprint density at radius 2 is 1.64 bits per heavy atom. The lowest BCUT2D eigenvalue weighted by atomic mass is 10.0. The fraction of sp³-hybridized carbons (Fsp3) is 0.381. The number of hydrogen-bond donors (Lipinski definition) is 1. The molecule has 7 heteroatoms. The van der Waals surface area contributed by atoms with Gasteiger partial charge in [0.25, 0.3) is 5.91 Å². The van der Waals surface area contributed by atoms with Crippen molar-refractivity contribution in [1.82, 2.24) is 4.31 Å². The summed E-state index contributed by atoms with van der Waals surface area (Å²) in [5.74, 6) is 0.307. The van der Waals surface area contributed by atoms with Crippen LogP contribution in [0, 0.1) is 0 Å². The lowest BCUT2D eigenvalue weighted by molar-refractivity contribution is -0.118. The number of carbonyl (C=O) groups excluding carboxylic acids is 1. The molecule has 0 saturated carbocycles. The number of amides is 1. The number of anilines is 1. The molecule has 2 unspecified atom stereocenters. The first kappa shape index (κ1) is 20.4. The summed E-state index contributed by atoms with van der Waals surface area (Å²) in [6, 6.07) is 15.3. The average Bonchev–Trinajstić information content (AvgIpc) is 2.67. The Morgan fingerprint density at radius 3 is 2.25 bits per heavy atom. The van der Waals surface area contributed by atoms with Crippen molar-refractivity contribution >= 4 is 21.6 Å². The van der Waals surface area contributed by atoms with E-state index in [1.807, 2.05) is 32.0 Å². The van der Waals surface area contributed by atoms with Gasteiger partial charge >= 0.3 is 0 Å². The second-order valence-electron chi connectivity index (χ2n) is 7.14. The predicted octanol–water partition coefficient (Wildman–Crippen LogP) is 3.66. The van der Waals surface area contributed by atoms with Crippen LogP contribution >= 0.6 is 0 Å². The molecule has 1 saturated heterocycles. The van der Waals surface area contributed by atoms with Crippen molar-refractivity contribution in [3.8, 4) is 5.75 Å². The normalized spacial score (nSPS) is 20.5. The SMILES string of the molecule is CC1CCCC(C)N1S(=O)(=O)c1ccc(NC(=O)COc2ccccc2)cc1.